The SMILES string of the molecule is C=C/C(C)=C(\C=C/C)c1ccc(-c2cccc(-c3cccc4c3-c3ccccc3C4(C3=CCCC=C3)C3=CNCC=C3)c2)cc1C(C)C. The van der Waals surface area contributed by atoms with Gasteiger partial charge in [0.25, 0.3) is 0 Å². The van der Waals surface area contributed by atoms with Gasteiger partial charge in [-0.2, -0.15) is 0 Å². The van der Waals surface area contributed by atoms with Crippen LogP contribution in [-0.2, 0) is 5.41 Å². The Balaban J connectivity index is 1.41. The van der Waals surface area contributed by atoms with Gasteiger partial charge in [0.1, 0.15) is 0 Å². The van der Waals surface area contributed by atoms with E-state index < -0.39 is 0 Å². The van der Waals surface area contributed by atoms with Crippen LogP contribution in [0.25, 0.3) is 39.0 Å². The van der Waals surface area contributed by atoms with Gasteiger partial charge >= 0.3 is 0 Å². The van der Waals surface area contributed by atoms with Gasteiger partial charge in [0, 0.05) is 12.7 Å². The normalized spacial score (nSPS) is 18.6. The third-order valence-corrected chi connectivity index (χ3v) is 10.3. The molecule has 0 saturated carbocycles. The Morgan fingerprint density at radius 2 is 1.54 bits per heavy atom. The molecule has 1 N–H and O–H groups in total. The molecule has 238 valence electrons. The summed E-state index contributed by atoms with van der Waals surface area (Å²) in [6.45, 7) is 13.7. The molecular formula is C47H45N. The lowest BCUT2D eigenvalue weighted by Crippen LogP contribution is -2.32. The van der Waals surface area contributed by atoms with Gasteiger partial charge in [0.15, 0.2) is 0 Å². The second kappa shape index (κ2) is 13.2. The average molecular weight is 624 g/mol. The minimum absolute atomic E-state index is 0.371. The van der Waals surface area contributed by atoms with Crippen LogP contribution in [0.3, 0.4) is 0 Å². The van der Waals surface area contributed by atoms with E-state index in [9.17, 15) is 0 Å². The molecule has 0 fully saturated rings. The van der Waals surface area contributed by atoms with E-state index >= 15 is 0 Å². The lowest BCUT2D eigenvalue weighted by molar-refractivity contribution is 0.731. The summed E-state index contributed by atoms with van der Waals surface area (Å²) in [5, 5.41) is 3.54. The van der Waals surface area contributed by atoms with Crippen molar-refractivity contribution in [1.82, 2.24) is 5.32 Å². The molecule has 4 aromatic carbocycles. The van der Waals surface area contributed by atoms with Crippen LogP contribution >= 0.6 is 0 Å². The summed E-state index contributed by atoms with van der Waals surface area (Å²) in [4.78, 5) is 0. The first-order valence-corrected chi connectivity index (χ1v) is 17.4. The van der Waals surface area contributed by atoms with Crippen LogP contribution in [0.5, 0.6) is 0 Å². The molecule has 3 aliphatic rings. The predicted octanol–water partition coefficient (Wildman–Crippen LogP) is 12.3. The van der Waals surface area contributed by atoms with E-state index in [2.05, 4.69) is 173 Å². The summed E-state index contributed by atoms with van der Waals surface area (Å²) < 4.78 is 0. The summed E-state index contributed by atoms with van der Waals surface area (Å²) in [6.07, 6.45) is 22.5. The van der Waals surface area contributed by atoms with E-state index in [0.717, 1.165) is 19.4 Å². The van der Waals surface area contributed by atoms with Crippen molar-refractivity contribution in [2.24, 2.45) is 0 Å². The summed E-state index contributed by atoms with van der Waals surface area (Å²) in [6, 6.07) is 32.1. The fraction of sp³-hybridized carbons (Fsp3) is 0.191. The van der Waals surface area contributed by atoms with Gasteiger partial charge in [0.2, 0.25) is 0 Å². The van der Waals surface area contributed by atoms with Crippen molar-refractivity contribution in [2.45, 2.75) is 51.9 Å². The maximum absolute atomic E-state index is 4.06. The second-order valence-electron chi connectivity index (χ2n) is 13.4. The van der Waals surface area contributed by atoms with E-state index in [1.54, 1.807) is 0 Å². The highest BCUT2D eigenvalue weighted by Gasteiger charge is 2.48. The Morgan fingerprint density at radius 1 is 0.792 bits per heavy atom. The smallest absolute Gasteiger partial charge is 0.0724 e. The number of fused-ring (bicyclic) bond motifs is 3. The highest BCUT2D eigenvalue weighted by atomic mass is 14.8. The van der Waals surface area contributed by atoms with Crippen LogP contribution in [0.1, 0.15) is 68.7 Å². The molecule has 0 aromatic heterocycles. The van der Waals surface area contributed by atoms with Gasteiger partial charge in [-0.1, -0.05) is 148 Å². The van der Waals surface area contributed by atoms with Gasteiger partial charge in [-0.05, 0) is 117 Å². The van der Waals surface area contributed by atoms with Crippen LogP contribution in [0.2, 0.25) is 0 Å². The topological polar surface area (TPSA) is 12.0 Å². The molecule has 4 aromatic rings. The molecule has 0 amide bonds. The Morgan fingerprint density at radius 3 is 2.29 bits per heavy atom. The second-order valence-corrected chi connectivity index (χ2v) is 13.4. The zero-order valence-electron chi connectivity index (χ0n) is 28.7. The largest absolute Gasteiger partial charge is 0.387 e. The van der Waals surface area contributed by atoms with Gasteiger partial charge in [0.05, 0.1) is 5.41 Å². The van der Waals surface area contributed by atoms with Gasteiger partial charge in [-0.3, -0.25) is 0 Å². The van der Waals surface area contributed by atoms with Crippen molar-refractivity contribution >= 4 is 5.57 Å². The molecule has 1 nitrogen and oxygen atoms in total. The minimum Gasteiger partial charge on any atom is -0.387 e. The Bertz CT molecular complexity index is 2060. The van der Waals surface area contributed by atoms with Crippen LogP contribution in [0.4, 0.5) is 0 Å². The lowest BCUT2D eigenvalue weighted by Gasteiger charge is -2.37. The van der Waals surface area contributed by atoms with Crippen molar-refractivity contribution < 1.29 is 0 Å². The van der Waals surface area contributed by atoms with Crippen LogP contribution in [-0.4, -0.2) is 6.54 Å². The molecule has 1 atom stereocenters. The molecule has 0 spiro atoms. The zero-order chi connectivity index (χ0) is 33.3. The summed E-state index contributed by atoms with van der Waals surface area (Å²) in [7, 11) is 0. The predicted molar refractivity (Wildman–Crippen MR) is 207 cm³/mol. The van der Waals surface area contributed by atoms with Gasteiger partial charge in [-0.25, -0.2) is 0 Å². The standard InChI is InChI=1S/C47H45N/c1-6-16-39(33(5)7-2)41-27-26-35(30-43(41)32(3)4)34-17-13-18-36(29-34)40-23-14-25-45-46(40)42-22-11-12-24-44(42)47(45,37-19-9-8-10-20-37)38-21-15-28-48-31-38/h6-7,9,11-27,29-32,48H,2,8,10,28H2,1,3-5H3/b16-6-,39-33+. The highest BCUT2D eigenvalue weighted by molar-refractivity contribution is 5.96. The van der Waals surface area contributed by atoms with Gasteiger partial charge in [-0.15, -0.1) is 0 Å². The Hall–Kier alpha value is -5.14. The Kier molecular flexibility index (Phi) is 8.63. The zero-order valence-corrected chi connectivity index (χ0v) is 28.7. The van der Waals surface area contributed by atoms with E-state index in [-0.39, 0.29) is 5.41 Å². The number of hydrogen-bond donors (Lipinski definition) is 1. The van der Waals surface area contributed by atoms with E-state index in [1.165, 1.54) is 77.9 Å². The maximum atomic E-state index is 4.06. The first-order chi connectivity index (χ1) is 23.5. The minimum atomic E-state index is -0.371. The number of rotatable bonds is 8. The quantitative estimate of drug-likeness (QED) is 0.193. The number of dihydropyridines is 1. The Labute approximate surface area is 287 Å². The first-order valence-electron chi connectivity index (χ1n) is 17.4. The van der Waals surface area contributed by atoms with Crippen molar-refractivity contribution in [1.29, 1.82) is 0 Å². The molecule has 7 rings (SSSR count). The molecule has 48 heavy (non-hydrogen) atoms. The monoisotopic (exact) mass is 623 g/mol. The van der Waals surface area contributed by atoms with Crippen LogP contribution in [0.15, 0.2) is 163 Å². The first kappa shape index (κ1) is 31.5. The fourth-order valence-corrected chi connectivity index (χ4v) is 7.99. The third-order valence-electron chi connectivity index (χ3n) is 10.3. The molecule has 1 heterocycles. The van der Waals surface area contributed by atoms with Crippen molar-refractivity contribution in [3.05, 3.63) is 185 Å². The van der Waals surface area contributed by atoms with Crippen molar-refractivity contribution in [2.75, 3.05) is 6.54 Å². The summed E-state index contributed by atoms with van der Waals surface area (Å²) >= 11 is 0. The molecule has 1 unspecified atom stereocenters. The van der Waals surface area contributed by atoms with Crippen molar-refractivity contribution in [3.63, 3.8) is 0 Å². The van der Waals surface area contributed by atoms with Crippen LogP contribution in [0, 0.1) is 0 Å². The maximum Gasteiger partial charge on any atom is 0.0724 e. The van der Waals surface area contributed by atoms with E-state index in [1.807, 2.05) is 6.08 Å². The molecule has 0 radical (unpaired) electrons. The molecular weight excluding hydrogens is 579 g/mol. The number of allylic oxidation sites excluding steroid dienone is 11. The molecule has 0 saturated heterocycles. The molecule has 0 bridgehead atoms. The summed E-state index contributed by atoms with van der Waals surface area (Å²) in [5.74, 6) is 0.379. The highest BCUT2D eigenvalue weighted by Crippen LogP contribution is 2.59. The molecule has 1 aliphatic heterocycles. The fourth-order valence-electron chi connectivity index (χ4n) is 7.99. The van der Waals surface area contributed by atoms with Crippen molar-refractivity contribution in [3.8, 4) is 33.4 Å². The lowest BCUT2D eigenvalue weighted by atomic mass is 9.65. The van der Waals surface area contributed by atoms with E-state index in [0.29, 0.717) is 5.92 Å². The average Bonchev–Trinajstić information content (AvgIpc) is 3.45. The van der Waals surface area contributed by atoms with E-state index in [4.69, 9.17) is 0 Å². The molecule has 2 aliphatic carbocycles. The third kappa shape index (κ3) is 5.19. The number of hydrogen-bond acceptors (Lipinski definition) is 1. The van der Waals surface area contributed by atoms with Crippen LogP contribution < -0.4 is 5.32 Å². The summed E-state index contributed by atoms with van der Waals surface area (Å²) in [5.41, 5.74) is 17.7. The molecule has 1 heteroatoms. The number of benzene rings is 4. The van der Waals surface area contributed by atoms with Gasteiger partial charge < -0.3 is 5.32 Å². The number of nitrogens with one attached hydrogen (secondary N) is 1.